The summed E-state index contributed by atoms with van der Waals surface area (Å²) in [6, 6.07) is 14.8. The molecule has 3 aromatic heterocycles. The molecule has 0 saturated carbocycles. The van der Waals surface area contributed by atoms with Crippen molar-refractivity contribution in [3.8, 4) is 10.4 Å². The van der Waals surface area contributed by atoms with Gasteiger partial charge in [-0.15, -0.1) is 11.3 Å². The Morgan fingerprint density at radius 2 is 1.83 bits per heavy atom. The van der Waals surface area contributed by atoms with Gasteiger partial charge in [-0.1, -0.05) is 30.3 Å². The number of aromatic nitrogens is 2. The van der Waals surface area contributed by atoms with Crippen molar-refractivity contribution in [2.75, 3.05) is 13.1 Å². The molecule has 0 atom stereocenters. The Balaban J connectivity index is 1.44. The molecule has 0 unspecified atom stereocenters. The number of sulfonamides is 1. The van der Waals surface area contributed by atoms with Crippen molar-refractivity contribution >= 4 is 31.6 Å². The molecule has 1 aliphatic heterocycles. The van der Waals surface area contributed by atoms with Gasteiger partial charge in [0.1, 0.15) is 10.5 Å². The Bertz CT molecular complexity index is 1360. The van der Waals surface area contributed by atoms with E-state index in [1.807, 2.05) is 36.4 Å². The fourth-order valence-corrected chi connectivity index (χ4v) is 6.12. The van der Waals surface area contributed by atoms with Gasteiger partial charge < -0.3 is 4.42 Å². The summed E-state index contributed by atoms with van der Waals surface area (Å²) in [5.41, 5.74) is 1.51. The smallest absolute Gasteiger partial charge is 0.276 e. The molecule has 1 aromatic carbocycles. The maximum atomic E-state index is 13.0. The molecule has 0 N–H and O–H groups in total. The second-order valence-electron chi connectivity index (χ2n) is 7.20. The zero-order valence-corrected chi connectivity index (χ0v) is 17.7. The van der Waals surface area contributed by atoms with Crippen LogP contribution < -0.4 is 5.56 Å². The van der Waals surface area contributed by atoms with Gasteiger partial charge in [-0.25, -0.2) is 13.4 Å². The molecule has 4 aromatic rings. The summed E-state index contributed by atoms with van der Waals surface area (Å²) in [6.45, 7) is 1.15. The monoisotopic (exact) mass is 441 g/mol. The highest BCUT2D eigenvalue weighted by atomic mass is 32.2. The lowest BCUT2D eigenvalue weighted by molar-refractivity contribution is 0.383. The largest absolute Gasteiger partial charge is 0.446 e. The van der Waals surface area contributed by atoms with E-state index in [4.69, 9.17) is 4.42 Å². The minimum absolute atomic E-state index is 0.0797. The lowest BCUT2D eigenvalue weighted by atomic mass is 10.2. The van der Waals surface area contributed by atoms with Crippen molar-refractivity contribution in [2.24, 2.45) is 0 Å². The third-order valence-corrected chi connectivity index (χ3v) is 8.12. The van der Waals surface area contributed by atoms with Crippen LogP contribution in [0.4, 0.5) is 0 Å². The molecule has 30 heavy (non-hydrogen) atoms. The zero-order valence-electron chi connectivity index (χ0n) is 16.0. The number of benzene rings is 1. The van der Waals surface area contributed by atoms with E-state index in [1.54, 1.807) is 6.07 Å². The van der Waals surface area contributed by atoms with Crippen LogP contribution >= 0.6 is 11.3 Å². The van der Waals surface area contributed by atoms with E-state index >= 15 is 0 Å². The number of fused-ring (bicyclic) bond motifs is 1. The van der Waals surface area contributed by atoms with Crippen molar-refractivity contribution < 1.29 is 12.8 Å². The Kier molecular flexibility index (Phi) is 4.80. The minimum Gasteiger partial charge on any atom is -0.446 e. The van der Waals surface area contributed by atoms with Gasteiger partial charge in [0, 0.05) is 18.0 Å². The molecular formula is C21H19N3O4S2. The van der Waals surface area contributed by atoms with Gasteiger partial charge >= 0.3 is 0 Å². The van der Waals surface area contributed by atoms with Gasteiger partial charge in [0.2, 0.25) is 5.09 Å². The summed E-state index contributed by atoms with van der Waals surface area (Å²) >= 11 is 1.40. The summed E-state index contributed by atoms with van der Waals surface area (Å²) in [5.74, 6) is 0.399. The fourth-order valence-electron chi connectivity index (χ4n) is 3.61. The third kappa shape index (κ3) is 3.38. The Labute approximate surface area is 177 Å². The zero-order chi connectivity index (χ0) is 20.7. The molecular weight excluding hydrogens is 422 g/mol. The van der Waals surface area contributed by atoms with Crippen LogP contribution in [-0.2, 0) is 16.6 Å². The molecule has 0 bridgehead atoms. The van der Waals surface area contributed by atoms with Crippen molar-refractivity contribution in [2.45, 2.75) is 24.5 Å². The Hall–Kier alpha value is -2.75. The highest BCUT2D eigenvalue weighted by Crippen LogP contribution is 2.30. The predicted molar refractivity (Wildman–Crippen MR) is 115 cm³/mol. The number of hydrogen-bond acceptors (Lipinski definition) is 6. The number of hydrogen-bond donors (Lipinski definition) is 0. The molecule has 0 amide bonds. The van der Waals surface area contributed by atoms with E-state index in [2.05, 4.69) is 4.98 Å². The van der Waals surface area contributed by atoms with Crippen LogP contribution in [0.1, 0.15) is 18.6 Å². The summed E-state index contributed by atoms with van der Waals surface area (Å²) in [7, 11) is -3.62. The van der Waals surface area contributed by atoms with E-state index in [-0.39, 0.29) is 17.2 Å². The molecule has 4 heterocycles. The fraction of sp³-hybridized carbons (Fsp3) is 0.238. The number of thiophene rings is 1. The topological polar surface area (TPSA) is 85.4 Å². The molecule has 1 fully saturated rings. The lowest BCUT2D eigenvalue weighted by Crippen LogP contribution is -2.27. The quantitative estimate of drug-likeness (QED) is 0.473. The standard InChI is InChI=1S/C21H19N3O4S2/c25-21-20-17(12-18(29-20)15-6-2-1-3-7-15)22-14-23(21)13-16-8-9-19(28-16)30(26,27)24-10-4-5-11-24/h1-3,6-9,12,14H,4-5,10-11,13H2. The van der Waals surface area contributed by atoms with E-state index in [0.717, 1.165) is 23.3 Å². The third-order valence-electron chi connectivity index (χ3n) is 5.18. The molecule has 1 saturated heterocycles. The highest BCUT2D eigenvalue weighted by molar-refractivity contribution is 7.89. The maximum Gasteiger partial charge on any atom is 0.276 e. The molecule has 7 nitrogen and oxygen atoms in total. The minimum atomic E-state index is -3.62. The summed E-state index contributed by atoms with van der Waals surface area (Å²) in [4.78, 5) is 18.3. The Morgan fingerprint density at radius 3 is 2.60 bits per heavy atom. The highest BCUT2D eigenvalue weighted by Gasteiger charge is 2.30. The first-order valence-corrected chi connectivity index (χ1v) is 11.9. The van der Waals surface area contributed by atoms with E-state index in [9.17, 15) is 13.2 Å². The summed E-state index contributed by atoms with van der Waals surface area (Å²) in [6.07, 6.45) is 3.20. The number of nitrogens with zero attached hydrogens (tertiary/aromatic N) is 3. The second kappa shape index (κ2) is 7.50. The second-order valence-corrected chi connectivity index (χ2v) is 10.1. The molecule has 1 aliphatic rings. The number of furan rings is 1. The van der Waals surface area contributed by atoms with Crippen LogP contribution in [0.2, 0.25) is 0 Å². The maximum absolute atomic E-state index is 13.0. The van der Waals surface area contributed by atoms with Gasteiger partial charge in [-0.2, -0.15) is 4.31 Å². The summed E-state index contributed by atoms with van der Waals surface area (Å²) < 4.78 is 34.3. The summed E-state index contributed by atoms with van der Waals surface area (Å²) in [5, 5.41) is -0.0797. The van der Waals surface area contributed by atoms with Crippen LogP contribution in [0.25, 0.3) is 20.7 Å². The molecule has 0 spiro atoms. The van der Waals surface area contributed by atoms with Crippen LogP contribution in [0, 0.1) is 0 Å². The molecule has 0 radical (unpaired) electrons. The van der Waals surface area contributed by atoms with Crippen molar-refractivity contribution in [1.29, 1.82) is 0 Å². The normalized spacial score (nSPS) is 15.2. The molecule has 5 rings (SSSR count). The van der Waals surface area contributed by atoms with Gasteiger partial charge in [0.05, 0.1) is 18.4 Å². The lowest BCUT2D eigenvalue weighted by Gasteiger charge is -2.12. The van der Waals surface area contributed by atoms with Gasteiger partial charge in [-0.3, -0.25) is 9.36 Å². The van der Waals surface area contributed by atoms with E-state index < -0.39 is 10.0 Å². The molecule has 9 heteroatoms. The van der Waals surface area contributed by atoms with Crippen molar-refractivity contribution in [3.05, 3.63) is 71.0 Å². The SMILES string of the molecule is O=c1c2sc(-c3ccccc3)cc2ncn1Cc1ccc(S(=O)(=O)N2CCCC2)o1. The van der Waals surface area contributed by atoms with Crippen LogP contribution in [0.3, 0.4) is 0 Å². The van der Waals surface area contributed by atoms with Crippen LogP contribution in [0.15, 0.2) is 69.2 Å². The first-order valence-electron chi connectivity index (χ1n) is 9.66. The van der Waals surface area contributed by atoms with Crippen molar-refractivity contribution in [1.82, 2.24) is 13.9 Å². The van der Waals surface area contributed by atoms with Gasteiger partial charge in [0.25, 0.3) is 15.6 Å². The van der Waals surface area contributed by atoms with Crippen LogP contribution in [0.5, 0.6) is 0 Å². The van der Waals surface area contributed by atoms with Crippen LogP contribution in [-0.4, -0.2) is 35.4 Å². The average molecular weight is 442 g/mol. The molecule has 0 aliphatic carbocycles. The van der Waals surface area contributed by atoms with Gasteiger partial charge in [-0.05, 0) is 36.6 Å². The first kappa shape index (κ1) is 19.2. The van der Waals surface area contributed by atoms with Gasteiger partial charge in [0.15, 0.2) is 0 Å². The van der Waals surface area contributed by atoms with E-state index in [0.29, 0.717) is 29.1 Å². The number of rotatable bonds is 5. The average Bonchev–Trinajstić information content (AvgIpc) is 3.52. The van der Waals surface area contributed by atoms with Crippen molar-refractivity contribution in [3.63, 3.8) is 0 Å². The van der Waals surface area contributed by atoms with E-state index in [1.165, 1.54) is 32.6 Å². The predicted octanol–water partition coefficient (Wildman–Crippen LogP) is 3.55. The Morgan fingerprint density at radius 1 is 1.07 bits per heavy atom. The molecule has 154 valence electrons. The first-order chi connectivity index (χ1) is 14.5.